The van der Waals surface area contributed by atoms with Gasteiger partial charge in [0.2, 0.25) is 12.2 Å². The van der Waals surface area contributed by atoms with Gasteiger partial charge in [-0.25, -0.2) is 22.4 Å². The fraction of sp³-hybridized carbons (Fsp3) is 0.600. The summed E-state index contributed by atoms with van der Waals surface area (Å²) in [7, 11) is 0. The largest absolute Gasteiger partial charge is 0.353 e. The van der Waals surface area contributed by atoms with Gasteiger partial charge in [-0.1, -0.05) is 17.7 Å². The van der Waals surface area contributed by atoms with Crippen LogP contribution in [0.5, 0.6) is 0 Å². The number of amides is 3. The van der Waals surface area contributed by atoms with Gasteiger partial charge in [-0.2, -0.15) is 0 Å². The van der Waals surface area contributed by atoms with Crippen LogP contribution in [0.1, 0.15) is 31.4 Å². The van der Waals surface area contributed by atoms with E-state index in [4.69, 9.17) is 11.6 Å². The van der Waals surface area contributed by atoms with Crippen molar-refractivity contribution in [3.05, 3.63) is 34.6 Å². The molecule has 2 N–H and O–H groups in total. The number of nitrogens with one attached hydrogen (secondary N) is 2. The van der Waals surface area contributed by atoms with Gasteiger partial charge < -0.3 is 15.5 Å². The molecule has 3 amide bonds. The molecule has 0 aliphatic carbocycles. The molecule has 0 saturated carbocycles. The van der Waals surface area contributed by atoms with E-state index in [0.29, 0.717) is 31.5 Å². The smallest absolute Gasteiger partial charge is 0.318 e. The van der Waals surface area contributed by atoms with Gasteiger partial charge in [-0.15, -0.1) is 0 Å². The zero-order chi connectivity index (χ0) is 22.7. The van der Waals surface area contributed by atoms with E-state index in [9.17, 15) is 27.2 Å². The van der Waals surface area contributed by atoms with Crippen LogP contribution in [0.2, 0.25) is 5.02 Å². The number of benzene rings is 1. The van der Waals surface area contributed by atoms with Gasteiger partial charge in [0.25, 0.3) is 6.43 Å². The SMILES string of the molecule is C[C@@H]1C(=O)NCCN1C(=O)N[C@H](c1ccc(F)c(Cl)c1)C1CCN(C(F)C(F)F)CC1. The molecule has 3 atom stereocenters. The summed E-state index contributed by atoms with van der Waals surface area (Å²) in [6.07, 6.45) is -4.72. The predicted molar refractivity (Wildman–Crippen MR) is 107 cm³/mol. The first kappa shape index (κ1) is 23.6. The zero-order valence-corrected chi connectivity index (χ0v) is 17.7. The fourth-order valence-electron chi connectivity index (χ4n) is 4.11. The summed E-state index contributed by atoms with van der Waals surface area (Å²) in [4.78, 5) is 27.3. The molecule has 6 nitrogen and oxygen atoms in total. The average molecular weight is 465 g/mol. The lowest BCUT2D eigenvalue weighted by atomic mass is 9.85. The van der Waals surface area contributed by atoms with Crippen LogP contribution >= 0.6 is 11.6 Å². The Labute approximate surface area is 182 Å². The third-order valence-electron chi connectivity index (χ3n) is 5.94. The lowest BCUT2D eigenvalue weighted by Crippen LogP contribution is -2.59. The van der Waals surface area contributed by atoms with E-state index in [0.717, 1.165) is 4.90 Å². The Morgan fingerprint density at radius 2 is 1.90 bits per heavy atom. The number of hydrogen-bond donors (Lipinski definition) is 2. The molecule has 0 radical (unpaired) electrons. The maximum absolute atomic E-state index is 13.7. The monoisotopic (exact) mass is 464 g/mol. The summed E-state index contributed by atoms with van der Waals surface area (Å²) in [5.41, 5.74) is 0.554. The first-order valence-electron chi connectivity index (χ1n) is 10.1. The predicted octanol–water partition coefficient (Wildman–Crippen LogP) is 3.32. The molecular weight excluding hydrogens is 440 g/mol. The highest BCUT2D eigenvalue weighted by Crippen LogP contribution is 2.34. The van der Waals surface area contributed by atoms with Crippen molar-refractivity contribution < 1.29 is 27.2 Å². The fourth-order valence-corrected chi connectivity index (χ4v) is 4.30. The molecule has 2 fully saturated rings. The number of carbonyl (C=O) groups excluding carboxylic acids is 2. The first-order chi connectivity index (χ1) is 14.7. The average Bonchev–Trinajstić information content (AvgIpc) is 2.75. The molecule has 2 heterocycles. The second kappa shape index (κ2) is 10.0. The first-order valence-corrected chi connectivity index (χ1v) is 10.5. The number of likely N-dealkylation sites (tertiary alicyclic amines) is 1. The van der Waals surface area contributed by atoms with Gasteiger partial charge in [0.15, 0.2) is 0 Å². The number of piperidine rings is 1. The molecule has 1 aromatic carbocycles. The van der Waals surface area contributed by atoms with E-state index in [2.05, 4.69) is 10.6 Å². The minimum atomic E-state index is -3.09. The second-order valence-electron chi connectivity index (χ2n) is 7.84. The van der Waals surface area contributed by atoms with Crippen LogP contribution in [0, 0.1) is 11.7 Å². The molecule has 1 unspecified atom stereocenters. The van der Waals surface area contributed by atoms with Crippen molar-refractivity contribution >= 4 is 23.5 Å². The lowest BCUT2D eigenvalue weighted by molar-refractivity contribution is -0.127. The highest BCUT2D eigenvalue weighted by atomic mass is 35.5. The van der Waals surface area contributed by atoms with Crippen molar-refractivity contribution in [3.8, 4) is 0 Å². The van der Waals surface area contributed by atoms with E-state index in [1.54, 1.807) is 6.92 Å². The Balaban J connectivity index is 1.78. The number of alkyl halides is 3. The van der Waals surface area contributed by atoms with Crippen LogP contribution in [0.25, 0.3) is 0 Å². The molecule has 11 heteroatoms. The van der Waals surface area contributed by atoms with E-state index in [1.165, 1.54) is 23.1 Å². The Morgan fingerprint density at radius 1 is 1.23 bits per heavy atom. The number of halogens is 5. The van der Waals surface area contributed by atoms with Gasteiger partial charge in [0.1, 0.15) is 11.9 Å². The summed E-state index contributed by atoms with van der Waals surface area (Å²) >= 11 is 5.93. The van der Waals surface area contributed by atoms with E-state index in [-0.39, 0.29) is 29.9 Å². The molecule has 2 aliphatic heterocycles. The minimum Gasteiger partial charge on any atom is -0.353 e. The number of hydrogen-bond acceptors (Lipinski definition) is 3. The molecule has 2 saturated heterocycles. The standard InChI is InChI=1S/C20H25ClF4N4O2/c1-11-19(30)26-6-9-29(11)20(31)27-16(13-2-3-15(22)14(21)10-13)12-4-7-28(8-5-12)18(25)17(23)24/h2-3,10-12,16-18H,4-9H2,1H3,(H,26,30)(H,27,31)/t11-,16+,18?/m1/s1. The zero-order valence-electron chi connectivity index (χ0n) is 17.0. The maximum atomic E-state index is 13.7. The second-order valence-corrected chi connectivity index (χ2v) is 8.25. The summed E-state index contributed by atoms with van der Waals surface area (Å²) in [5.74, 6) is -1.08. The van der Waals surface area contributed by atoms with Gasteiger partial charge in [0, 0.05) is 26.2 Å². The van der Waals surface area contributed by atoms with Crippen molar-refractivity contribution in [1.29, 1.82) is 0 Å². The van der Waals surface area contributed by atoms with Gasteiger partial charge >= 0.3 is 6.03 Å². The van der Waals surface area contributed by atoms with Gasteiger partial charge in [-0.3, -0.25) is 9.69 Å². The summed E-state index contributed by atoms with van der Waals surface area (Å²) in [6, 6.07) is 2.38. The summed E-state index contributed by atoms with van der Waals surface area (Å²) in [5, 5.41) is 5.47. The van der Waals surface area contributed by atoms with Gasteiger partial charge in [0.05, 0.1) is 11.1 Å². The number of carbonyl (C=O) groups is 2. The number of nitrogens with zero attached hydrogens (tertiary/aromatic N) is 2. The topological polar surface area (TPSA) is 64.7 Å². The number of urea groups is 1. The summed E-state index contributed by atoms with van der Waals surface area (Å²) < 4.78 is 52.8. The van der Waals surface area contributed by atoms with Crippen molar-refractivity contribution in [2.45, 2.75) is 44.6 Å². The van der Waals surface area contributed by atoms with Crippen LogP contribution in [-0.4, -0.2) is 66.7 Å². The third kappa shape index (κ3) is 5.41. The van der Waals surface area contributed by atoms with Crippen molar-refractivity contribution in [3.63, 3.8) is 0 Å². The Hall–Kier alpha value is -2.07. The molecule has 3 rings (SSSR count). The molecular formula is C20H25ClF4N4O2. The normalized spacial score (nSPS) is 22.9. The molecule has 0 bridgehead atoms. The van der Waals surface area contributed by atoms with E-state index in [1.807, 2.05) is 0 Å². The van der Waals surface area contributed by atoms with Crippen LogP contribution in [0.15, 0.2) is 18.2 Å². The number of piperazine rings is 1. The highest BCUT2D eigenvalue weighted by Gasteiger charge is 2.36. The van der Waals surface area contributed by atoms with Crippen LogP contribution < -0.4 is 10.6 Å². The number of rotatable bonds is 5. The van der Waals surface area contributed by atoms with Crippen LogP contribution in [0.3, 0.4) is 0 Å². The highest BCUT2D eigenvalue weighted by molar-refractivity contribution is 6.30. The van der Waals surface area contributed by atoms with Crippen LogP contribution in [-0.2, 0) is 4.79 Å². The van der Waals surface area contributed by atoms with Crippen LogP contribution in [0.4, 0.5) is 22.4 Å². The van der Waals surface area contributed by atoms with Crippen molar-refractivity contribution in [2.75, 3.05) is 26.2 Å². The lowest BCUT2D eigenvalue weighted by Gasteiger charge is -2.39. The summed E-state index contributed by atoms with van der Waals surface area (Å²) in [6.45, 7) is 2.46. The van der Waals surface area contributed by atoms with Crippen molar-refractivity contribution in [1.82, 2.24) is 20.4 Å². The van der Waals surface area contributed by atoms with E-state index < -0.39 is 36.7 Å². The molecule has 0 spiro atoms. The van der Waals surface area contributed by atoms with Gasteiger partial charge in [-0.05, 0) is 43.4 Å². The van der Waals surface area contributed by atoms with Crippen molar-refractivity contribution in [2.24, 2.45) is 5.92 Å². The molecule has 2 aliphatic rings. The minimum absolute atomic E-state index is 0.0972. The quantitative estimate of drug-likeness (QED) is 0.519. The van der Waals surface area contributed by atoms with E-state index >= 15 is 0 Å². The third-order valence-corrected chi connectivity index (χ3v) is 6.23. The molecule has 0 aromatic heterocycles. The molecule has 1 aromatic rings. The Kier molecular flexibility index (Phi) is 7.64. The molecule has 31 heavy (non-hydrogen) atoms. The Morgan fingerprint density at radius 3 is 2.52 bits per heavy atom. The molecule has 172 valence electrons. The maximum Gasteiger partial charge on any atom is 0.318 e. The Bertz CT molecular complexity index is 807.